The molecular formula is C27H25N5O2S. The number of fused-ring (bicyclic) bond motifs is 1. The van der Waals surface area contributed by atoms with E-state index in [1.54, 1.807) is 24.2 Å². The normalized spacial score (nSPS) is 14.9. The highest BCUT2D eigenvalue weighted by Crippen LogP contribution is 2.41. The Morgan fingerprint density at radius 2 is 1.89 bits per heavy atom. The maximum absolute atomic E-state index is 13.4. The third kappa shape index (κ3) is 5.27. The van der Waals surface area contributed by atoms with Crippen LogP contribution in [-0.2, 0) is 11.2 Å². The number of carbonyl (C=O) groups is 2. The third-order valence-corrected chi connectivity index (χ3v) is 7.00. The van der Waals surface area contributed by atoms with E-state index in [1.807, 2.05) is 60.7 Å². The monoisotopic (exact) mass is 483 g/mol. The molecule has 4 aromatic rings. The molecule has 1 unspecified atom stereocenters. The van der Waals surface area contributed by atoms with E-state index < -0.39 is 0 Å². The minimum absolute atomic E-state index is 0.120. The molecule has 3 heterocycles. The van der Waals surface area contributed by atoms with Gasteiger partial charge in [0.15, 0.2) is 5.78 Å². The Morgan fingerprint density at radius 3 is 2.66 bits per heavy atom. The number of aromatic amines is 1. The van der Waals surface area contributed by atoms with Crippen LogP contribution in [0.5, 0.6) is 0 Å². The van der Waals surface area contributed by atoms with Crippen molar-refractivity contribution in [3.8, 4) is 11.3 Å². The molecule has 176 valence electrons. The molecular weight excluding hydrogens is 458 g/mol. The van der Waals surface area contributed by atoms with Gasteiger partial charge in [0.05, 0.1) is 22.0 Å². The van der Waals surface area contributed by atoms with Gasteiger partial charge in [-0.15, -0.1) is 11.8 Å². The van der Waals surface area contributed by atoms with Crippen LogP contribution in [0.15, 0.2) is 78.1 Å². The number of thioether (sulfide) groups is 1. The Labute approximate surface area is 207 Å². The minimum Gasteiger partial charge on any atom is -0.356 e. The number of amides is 1. The lowest BCUT2D eigenvalue weighted by Crippen LogP contribution is -2.21. The van der Waals surface area contributed by atoms with Gasteiger partial charge in [-0.25, -0.2) is 9.97 Å². The summed E-state index contributed by atoms with van der Waals surface area (Å²) in [5.74, 6) is 1.43. The largest absolute Gasteiger partial charge is 0.356 e. The topological polar surface area (TPSA) is 99.8 Å². The Hall–Kier alpha value is -3.91. The van der Waals surface area contributed by atoms with Crippen molar-refractivity contribution in [1.29, 1.82) is 0 Å². The third-order valence-electron chi connectivity index (χ3n) is 5.82. The van der Waals surface area contributed by atoms with Gasteiger partial charge in [0.25, 0.3) is 0 Å². The van der Waals surface area contributed by atoms with Gasteiger partial charge in [0.2, 0.25) is 5.91 Å². The lowest BCUT2D eigenvalue weighted by Gasteiger charge is -2.21. The van der Waals surface area contributed by atoms with E-state index in [1.165, 1.54) is 6.92 Å². The van der Waals surface area contributed by atoms with Crippen LogP contribution in [0.25, 0.3) is 11.3 Å². The van der Waals surface area contributed by atoms with Crippen LogP contribution < -0.4 is 10.6 Å². The Bertz CT molecular complexity index is 1350. The van der Waals surface area contributed by atoms with E-state index in [4.69, 9.17) is 0 Å². The van der Waals surface area contributed by atoms with Gasteiger partial charge in [-0.3, -0.25) is 9.59 Å². The summed E-state index contributed by atoms with van der Waals surface area (Å²) in [5, 5.41) is 7.17. The first-order valence-corrected chi connectivity index (χ1v) is 12.4. The fourth-order valence-electron chi connectivity index (χ4n) is 4.33. The highest BCUT2D eigenvalue weighted by Gasteiger charge is 2.32. The summed E-state index contributed by atoms with van der Waals surface area (Å²) in [6.45, 7) is 1.45. The highest BCUT2D eigenvalue weighted by molar-refractivity contribution is 7.99. The van der Waals surface area contributed by atoms with Crippen molar-refractivity contribution in [1.82, 2.24) is 15.0 Å². The fraction of sp³-hybridized carbons (Fsp3) is 0.185. The molecule has 35 heavy (non-hydrogen) atoms. The predicted molar refractivity (Wildman–Crippen MR) is 139 cm³/mol. The standard InChI is InChI=1S/C27H25N5O2S/c1-17(33)30-23-15-19(10-12-28-23)26-27(31-20-7-3-2-4-8-20)25-21(32-26)13-18(14-22(25)34)16-35-24-9-5-6-11-29-24/h2-12,15,18,31-32H,13-14,16H2,1H3,(H,28,30,33). The zero-order chi connectivity index (χ0) is 24.2. The van der Waals surface area contributed by atoms with Crippen molar-refractivity contribution in [3.63, 3.8) is 0 Å². The van der Waals surface area contributed by atoms with Crippen LogP contribution in [0.4, 0.5) is 17.2 Å². The first kappa shape index (κ1) is 22.9. The number of para-hydroxylation sites is 1. The molecule has 3 N–H and O–H groups in total. The second kappa shape index (κ2) is 10.1. The summed E-state index contributed by atoms with van der Waals surface area (Å²) in [4.78, 5) is 37.1. The lowest BCUT2D eigenvalue weighted by atomic mass is 9.87. The lowest BCUT2D eigenvalue weighted by molar-refractivity contribution is -0.114. The Kier molecular flexibility index (Phi) is 6.63. The molecule has 3 aromatic heterocycles. The molecule has 1 aliphatic carbocycles. The van der Waals surface area contributed by atoms with Crippen molar-refractivity contribution in [2.75, 3.05) is 16.4 Å². The molecule has 0 aliphatic heterocycles. The molecule has 1 atom stereocenters. The molecule has 0 spiro atoms. The zero-order valence-corrected chi connectivity index (χ0v) is 20.1. The van der Waals surface area contributed by atoms with Gasteiger partial charge in [0.1, 0.15) is 5.82 Å². The summed E-state index contributed by atoms with van der Waals surface area (Å²) in [5.41, 5.74) is 4.93. The van der Waals surface area contributed by atoms with Gasteiger partial charge in [0, 0.05) is 48.4 Å². The van der Waals surface area contributed by atoms with Crippen molar-refractivity contribution < 1.29 is 9.59 Å². The molecule has 7 nitrogen and oxygen atoms in total. The second-order valence-electron chi connectivity index (χ2n) is 8.51. The second-order valence-corrected chi connectivity index (χ2v) is 9.55. The van der Waals surface area contributed by atoms with E-state index in [0.717, 1.165) is 45.5 Å². The van der Waals surface area contributed by atoms with Crippen LogP contribution >= 0.6 is 11.8 Å². The smallest absolute Gasteiger partial charge is 0.222 e. The summed E-state index contributed by atoms with van der Waals surface area (Å²) >= 11 is 1.68. The van der Waals surface area contributed by atoms with E-state index in [9.17, 15) is 9.59 Å². The van der Waals surface area contributed by atoms with Crippen LogP contribution in [0.2, 0.25) is 0 Å². The number of Topliss-reactive ketones (excluding diaryl/α,β-unsaturated/α-hetero) is 1. The van der Waals surface area contributed by atoms with E-state index >= 15 is 0 Å². The number of nitrogens with zero attached hydrogens (tertiary/aromatic N) is 2. The Balaban J connectivity index is 1.49. The highest BCUT2D eigenvalue weighted by atomic mass is 32.2. The van der Waals surface area contributed by atoms with Gasteiger partial charge >= 0.3 is 0 Å². The first-order valence-electron chi connectivity index (χ1n) is 11.4. The van der Waals surface area contributed by atoms with E-state index in [-0.39, 0.29) is 17.6 Å². The molecule has 1 amide bonds. The number of anilines is 3. The number of ketones is 1. The number of rotatable bonds is 7. The summed E-state index contributed by atoms with van der Waals surface area (Å²) < 4.78 is 0. The van der Waals surface area contributed by atoms with Gasteiger partial charge in [-0.05, 0) is 48.7 Å². The maximum atomic E-state index is 13.4. The number of H-pyrrole nitrogens is 1. The van der Waals surface area contributed by atoms with Crippen molar-refractivity contribution >= 4 is 40.6 Å². The van der Waals surface area contributed by atoms with Crippen molar-refractivity contribution in [2.24, 2.45) is 5.92 Å². The molecule has 8 heteroatoms. The quantitative estimate of drug-likeness (QED) is 0.291. The van der Waals surface area contributed by atoms with Crippen LogP contribution in [0, 0.1) is 5.92 Å². The fourth-order valence-corrected chi connectivity index (χ4v) is 5.29. The molecule has 0 radical (unpaired) electrons. The minimum atomic E-state index is -0.188. The van der Waals surface area contributed by atoms with Gasteiger partial charge in [-0.1, -0.05) is 24.3 Å². The molecule has 0 bridgehead atoms. The number of nitrogens with one attached hydrogen (secondary N) is 3. The number of carbonyl (C=O) groups excluding carboxylic acids is 2. The average molecular weight is 484 g/mol. The first-order chi connectivity index (χ1) is 17.1. The number of hydrogen-bond acceptors (Lipinski definition) is 6. The van der Waals surface area contributed by atoms with Gasteiger partial charge < -0.3 is 15.6 Å². The van der Waals surface area contributed by atoms with Crippen molar-refractivity contribution in [3.05, 3.63) is 84.3 Å². The van der Waals surface area contributed by atoms with Crippen LogP contribution in [-0.4, -0.2) is 32.4 Å². The average Bonchev–Trinajstić information content (AvgIpc) is 3.22. The van der Waals surface area contributed by atoms with Crippen LogP contribution in [0.1, 0.15) is 29.4 Å². The molecule has 0 saturated carbocycles. The molecule has 5 rings (SSSR count). The number of aromatic nitrogens is 3. The molecule has 1 aliphatic rings. The summed E-state index contributed by atoms with van der Waals surface area (Å²) in [7, 11) is 0. The number of hydrogen-bond donors (Lipinski definition) is 3. The molecule has 0 saturated heterocycles. The predicted octanol–water partition coefficient (Wildman–Crippen LogP) is 5.71. The Morgan fingerprint density at radius 1 is 1.06 bits per heavy atom. The van der Waals surface area contributed by atoms with Crippen molar-refractivity contribution in [2.45, 2.75) is 24.8 Å². The van der Waals surface area contributed by atoms with Crippen LogP contribution in [0.3, 0.4) is 0 Å². The maximum Gasteiger partial charge on any atom is 0.222 e. The zero-order valence-electron chi connectivity index (χ0n) is 19.2. The van der Waals surface area contributed by atoms with E-state index in [0.29, 0.717) is 17.8 Å². The summed E-state index contributed by atoms with van der Waals surface area (Å²) in [6, 6.07) is 19.4. The number of pyridine rings is 2. The number of benzene rings is 1. The SMILES string of the molecule is CC(=O)Nc1cc(-c2[nH]c3c(c2Nc2ccccc2)C(=O)CC(CSc2ccccn2)C3)ccn1. The molecule has 1 aromatic carbocycles. The molecule has 0 fully saturated rings. The summed E-state index contributed by atoms with van der Waals surface area (Å²) in [6.07, 6.45) is 4.70. The van der Waals surface area contributed by atoms with Gasteiger partial charge in [-0.2, -0.15) is 0 Å². The van der Waals surface area contributed by atoms with E-state index in [2.05, 4.69) is 25.6 Å².